The first-order valence-corrected chi connectivity index (χ1v) is 10.2. The number of rotatable bonds is 6. The van der Waals surface area contributed by atoms with E-state index in [2.05, 4.69) is 15.2 Å². The lowest BCUT2D eigenvalue weighted by Gasteiger charge is -2.35. The van der Waals surface area contributed by atoms with Gasteiger partial charge < -0.3 is 24.4 Å². The van der Waals surface area contributed by atoms with Crippen LogP contribution in [0.15, 0.2) is 23.2 Å². The largest absolute Gasteiger partial charge is 0.494 e. The van der Waals surface area contributed by atoms with Gasteiger partial charge in [0.2, 0.25) is 0 Å². The van der Waals surface area contributed by atoms with Crippen LogP contribution < -0.4 is 10.1 Å². The smallest absolute Gasteiger partial charge is 0.193 e. The van der Waals surface area contributed by atoms with Gasteiger partial charge in [-0.15, -0.1) is 0 Å². The van der Waals surface area contributed by atoms with Crippen LogP contribution in [0.3, 0.4) is 0 Å². The molecule has 2 aliphatic heterocycles. The van der Waals surface area contributed by atoms with E-state index in [0.29, 0.717) is 13.2 Å². The summed E-state index contributed by atoms with van der Waals surface area (Å²) in [5, 5.41) is 3.33. The standard InChI is InChI=1S/C21H32FN3O3/c1-23-21(24-14-16-6-7-20(26-2)19(22)13-16)25-10-8-17(9-11-25)28-15-18-5-3-4-12-27-18/h6-7,13,17-18H,3-5,8-12,14-15H2,1-2H3,(H,23,24). The summed E-state index contributed by atoms with van der Waals surface area (Å²) in [6, 6.07) is 5.00. The normalized spacial score (nSPS) is 21.6. The van der Waals surface area contributed by atoms with Gasteiger partial charge in [0.15, 0.2) is 17.5 Å². The van der Waals surface area contributed by atoms with Crippen molar-refractivity contribution in [1.82, 2.24) is 10.2 Å². The first-order valence-electron chi connectivity index (χ1n) is 10.2. The van der Waals surface area contributed by atoms with E-state index in [9.17, 15) is 4.39 Å². The first kappa shape index (κ1) is 20.9. The molecule has 0 aromatic heterocycles. The van der Waals surface area contributed by atoms with E-state index in [0.717, 1.165) is 50.5 Å². The van der Waals surface area contributed by atoms with E-state index in [1.54, 1.807) is 13.1 Å². The van der Waals surface area contributed by atoms with Gasteiger partial charge in [-0.25, -0.2) is 4.39 Å². The highest BCUT2D eigenvalue weighted by Crippen LogP contribution is 2.19. The van der Waals surface area contributed by atoms with Crippen molar-refractivity contribution in [3.05, 3.63) is 29.6 Å². The van der Waals surface area contributed by atoms with Gasteiger partial charge in [0.05, 0.1) is 25.9 Å². The minimum atomic E-state index is -0.350. The molecule has 3 rings (SSSR count). The van der Waals surface area contributed by atoms with Crippen LogP contribution in [0, 0.1) is 5.82 Å². The maximum Gasteiger partial charge on any atom is 0.193 e. The maximum atomic E-state index is 13.8. The number of halogens is 1. The number of benzene rings is 1. The second kappa shape index (κ2) is 10.6. The number of piperidine rings is 1. The number of guanidine groups is 1. The minimum absolute atomic E-state index is 0.258. The molecule has 0 radical (unpaired) electrons. The summed E-state index contributed by atoms with van der Waals surface area (Å²) >= 11 is 0. The molecule has 28 heavy (non-hydrogen) atoms. The fourth-order valence-corrected chi connectivity index (χ4v) is 3.75. The highest BCUT2D eigenvalue weighted by molar-refractivity contribution is 5.79. The molecular weight excluding hydrogens is 361 g/mol. The maximum absolute atomic E-state index is 13.8. The number of methoxy groups -OCH3 is 1. The molecule has 156 valence electrons. The van der Waals surface area contributed by atoms with Gasteiger partial charge >= 0.3 is 0 Å². The average Bonchev–Trinajstić information content (AvgIpc) is 2.74. The summed E-state index contributed by atoms with van der Waals surface area (Å²) in [6.07, 6.45) is 6.04. The number of likely N-dealkylation sites (tertiary alicyclic amines) is 1. The van der Waals surface area contributed by atoms with Crippen molar-refractivity contribution in [2.24, 2.45) is 4.99 Å². The van der Waals surface area contributed by atoms with Gasteiger partial charge in [-0.1, -0.05) is 6.07 Å². The van der Waals surface area contributed by atoms with Crippen LogP contribution in [-0.2, 0) is 16.0 Å². The van der Waals surface area contributed by atoms with Gasteiger partial charge in [0.1, 0.15) is 0 Å². The van der Waals surface area contributed by atoms with E-state index >= 15 is 0 Å². The Morgan fingerprint density at radius 1 is 1.29 bits per heavy atom. The lowest BCUT2D eigenvalue weighted by molar-refractivity contribution is -0.0721. The monoisotopic (exact) mass is 393 g/mol. The van der Waals surface area contributed by atoms with Gasteiger partial charge in [0, 0.05) is 33.3 Å². The van der Waals surface area contributed by atoms with Crippen molar-refractivity contribution in [1.29, 1.82) is 0 Å². The van der Waals surface area contributed by atoms with Crippen LogP contribution in [0.5, 0.6) is 5.75 Å². The zero-order valence-corrected chi connectivity index (χ0v) is 17.0. The van der Waals surface area contributed by atoms with Crippen LogP contribution in [-0.4, -0.2) is 63.5 Å². The molecule has 1 aromatic carbocycles. The average molecular weight is 394 g/mol. The second-order valence-electron chi connectivity index (χ2n) is 7.38. The molecule has 1 atom stereocenters. The molecular formula is C21H32FN3O3. The van der Waals surface area contributed by atoms with Crippen molar-refractivity contribution < 1.29 is 18.6 Å². The molecule has 1 N–H and O–H groups in total. The van der Waals surface area contributed by atoms with Crippen LogP contribution in [0.25, 0.3) is 0 Å². The van der Waals surface area contributed by atoms with E-state index in [4.69, 9.17) is 14.2 Å². The summed E-state index contributed by atoms with van der Waals surface area (Å²) < 4.78 is 30.6. The minimum Gasteiger partial charge on any atom is -0.494 e. The lowest BCUT2D eigenvalue weighted by Crippen LogP contribution is -2.47. The Kier molecular flexibility index (Phi) is 7.91. The van der Waals surface area contributed by atoms with Gasteiger partial charge in [-0.3, -0.25) is 4.99 Å². The molecule has 0 spiro atoms. The second-order valence-corrected chi connectivity index (χ2v) is 7.38. The topological polar surface area (TPSA) is 55.3 Å². The fraction of sp³-hybridized carbons (Fsp3) is 0.667. The quantitative estimate of drug-likeness (QED) is 0.595. The Labute approximate surface area is 167 Å². The Morgan fingerprint density at radius 2 is 2.11 bits per heavy atom. The van der Waals surface area contributed by atoms with Crippen molar-refractivity contribution >= 4 is 5.96 Å². The van der Waals surface area contributed by atoms with E-state index < -0.39 is 0 Å². The predicted molar refractivity (Wildman–Crippen MR) is 107 cm³/mol. The number of hydrogen-bond acceptors (Lipinski definition) is 4. The molecule has 2 aliphatic rings. The molecule has 2 heterocycles. The molecule has 0 aliphatic carbocycles. The molecule has 7 heteroatoms. The highest BCUT2D eigenvalue weighted by Gasteiger charge is 2.23. The van der Waals surface area contributed by atoms with Crippen LogP contribution in [0.4, 0.5) is 4.39 Å². The molecule has 0 saturated carbocycles. The van der Waals surface area contributed by atoms with E-state index in [1.807, 2.05) is 6.07 Å². The number of nitrogens with one attached hydrogen (secondary N) is 1. The Hall–Kier alpha value is -1.86. The zero-order chi connectivity index (χ0) is 19.8. The predicted octanol–water partition coefficient (Wildman–Crippen LogP) is 2.96. The molecule has 0 bridgehead atoms. The molecule has 2 saturated heterocycles. The van der Waals surface area contributed by atoms with Crippen molar-refractivity contribution in [3.63, 3.8) is 0 Å². The Morgan fingerprint density at radius 3 is 2.75 bits per heavy atom. The molecule has 0 amide bonds. The SMILES string of the molecule is CN=C(NCc1ccc(OC)c(F)c1)N1CCC(OCC2CCCCO2)CC1. The molecule has 1 unspecified atom stereocenters. The van der Waals surface area contributed by atoms with Crippen LogP contribution in [0.1, 0.15) is 37.7 Å². The van der Waals surface area contributed by atoms with Crippen LogP contribution >= 0.6 is 0 Å². The zero-order valence-electron chi connectivity index (χ0n) is 17.0. The third-order valence-electron chi connectivity index (χ3n) is 5.41. The fourth-order valence-electron chi connectivity index (χ4n) is 3.75. The Balaban J connectivity index is 1.41. The summed E-state index contributed by atoms with van der Waals surface area (Å²) in [5.74, 6) is 0.746. The summed E-state index contributed by atoms with van der Waals surface area (Å²) in [5.41, 5.74) is 0.852. The first-order chi connectivity index (χ1) is 13.7. The third-order valence-corrected chi connectivity index (χ3v) is 5.41. The summed E-state index contributed by atoms with van der Waals surface area (Å²) in [4.78, 5) is 6.61. The Bertz CT molecular complexity index is 642. The van der Waals surface area contributed by atoms with Crippen molar-refractivity contribution in [2.75, 3.05) is 40.5 Å². The van der Waals surface area contributed by atoms with Gasteiger partial charge in [-0.2, -0.15) is 0 Å². The lowest BCUT2D eigenvalue weighted by atomic mass is 10.1. The number of aliphatic imine (C=N–C) groups is 1. The number of hydrogen-bond donors (Lipinski definition) is 1. The van der Waals surface area contributed by atoms with Crippen LogP contribution in [0.2, 0.25) is 0 Å². The summed E-state index contributed by atoms with van der Waals surface area (Å²) in [6.45, 7) is 3.88. The van der Waals surface area contributed by atoms with E-state index in [-0.39, 0.29) is 23.8 Å². The molecule has 1 aromatic rings. The van der Waals surface area contributed by atoms with Crippen molar-refractivity contribution in [2.45, 2.75) is 50.9 Å². The molecule has 2 fully saturated rings. The van der Waals surface area contributed by atoms with Crippen molar-refractivity contribution in [3.8, 4) is 5.75 Å². The molecule has 6 nitrogen and oxygen atoms in total. The highest BCUT2D eigenvalue weighted by atomic mass is 19.1. The number of nitrogens with zero attached hydrogens (tertiary/aromatic N) is 2. The van der Waals surface area contributed by atoms with Gasteiger partial charge in [0.25, 0.3) is 0 Å². The third kappa shape index (κ3) is 5.82. The van der Waals surface area contributed by atoms with Gasteiger partial charge in [-0.05, 0) is 49.8 Å². The van der Waals surface area contributed by atoms with E-state index in [1.165, 1.54) is 26.0 Å². The summed E-state index contributed by atoms with van der Waals surface area (Å²) in [7, 11) is 3.24. The number of ether oxygens (including phenoxy) is 3.